The quantitative estimate of drug-likeness (QED) is 0.523. The monoisotopic (exact) mass is 337 g/mol. The highest BCUT2D eigenvalue weighted by Gasteiger charge is 2.13. The lowest BCUT2D eigenvalue weighted by molar-refractivity contribution is -0.121. The van der Waals surface area contributed by atoms with Crippen LogP contribution in [0.2, 0.25) is 10.0 Å². The molecule has 9 heteroatoms. The number of nitrogens with one attached hydrogen (secondary N) is 1. The van der Waals surface area contributed by atoms with Gasteiger partial charge in [0.2, 0.25) is 5.17 Å². The highest BCUT2D eigenvalue weighted by atomic mass is 35.5. The van der Waals surface area contributed by atoms with Crippen molar-refractivity contribution in [2.24, 2.45) is 5.16 Å². The zero-order chi connectivity index (χ0) is 15.3. The van der Waals surface area contributed by atoms with E-state index in [9.17, 15) is 9.59 Å². The lowest BCUT2D eigenvalue weighted by Crippen LogP contribution is -2.27. The molecular weight excluding hydrogens is 328 g/mol. The molecule has 0 aliphatic carbocycles. The van der Waals surface area contributed by atoms with Crippen LogP contribution >= 0.6 is 34.8 Å². The second-order valence-corrected chi connectivity index (χ2v) is 4.97. The van der Waals surface area contributed by atoms with Crippen molar-refractivity contribution in [1.29, 1.82) is 0 Å². The number of nitrogens with zero attached hydrogens (tertiary/aromatic N) is 2. The lowest BCUT2D eigenvalue weighted by Gasteiger charge is -2.07. The summed E-state index contributed by atoms with van der Waals surface area (Å²) in [5.41, 5.74) is 0.317. The molecule has 0 heterocycles. The predicted octanol–water partition coefficient (Wildman–Crippen LogP) is 3.18. The highest BCUT2D eigenvalue weighted by molar-refractivity contribution is 6.82. The summed E-state index contributed by atoms with van der Waals surface area (Å²) in [5.74, 6) is -0.592. The van der Waals surface area contributed by atoms with E-state index in [2.05, 4.69) is 15.3 Å². The summed E-state index contributed by atoms with van der Waals surface area (Å²) in [7, 11) is 2.96. The molecule has 2 amide bonds. The highest BCUT2D eigenvalue weighted by Crippen LogP contribution is 2.22. The molecule has 0 aromatic heterocycles. The second-order valence-electron chi connectivity index (χ2n) is 3.74. The molecule has 0 aliphatic rings. The van der Waals surface area contributed by atoms with Crippen molar-refractivity contribution in [2.45, 2.75) is 0 Å². The van der Waals surface area contributed by atoms with Gasteiger partial charge < -0.3 is 4.90 Å². The third kappa shape index (κ3) is 5.24. The number of oxime groups is 1. The number of hydrogen-bond acceptors (Lipinski definition) is 4. The molecule has 108 valence electrons. The van der Waals surface area contributed by atoms with Gasteiger partial charge in [0.1, 0.15) is 0 Å². The van der Waals surface area contributed by atoms with Gasteiger partial charge in [0.25, 0.3) is 5.91 Å². The van der Waals surface area contributed by atoms with Gasteiger partial charge in [-0.05, 0) is 18.2 Å². The number of halogens is 3. The van der Waals surface area contributed by atoms with E-state index in [1.54, 1.807) is 0 Å². The molecular formula is C11H10Cl3N3O3. The summed E-state index contributed by atoms with van der Waals surface area (Å²) in [6, 6.07) is 4.43. The van der Waals surface area contributed by atoms with Crippen molar-refractivity contribution >= 4 is 57.7 Å². The van der Waals surface area contributed by atoms with Crippen LogP contribution in [0, 0.1) is 0 Å². The fourth-order valence-corrected chi connectivity index (χ4v) is 1.80. The number of carbonyl (C=O) groups excluding carboxylic acids is 2. The van der Waals surface area contributed by atoms with Crippen LogP contribution in [0.5, 0.6) is 0 Å². The van der Waals surface area contributed by atoms with Crippen molar-refractivity contribution in [3.63, 3.8) is 0 Å². The Hall–Kier alpha value is -1.50. The Morgan fingerprint density at radius 2 is 1.75 bits per heavy atom. The van der Waals surface area contributed by atoms with E-state index in [1.165, 1.54) is 37.2 Å². The van der Waals surface area contributed by atoms with Crippen LogP contribution in [0.3, 0.4) is 0 Å². The molecule has 1 rings (SSSR count). The number of benzene rings is 1. The third-order valence-corrected chi connectivity index (χ3v) is 2.57. The maximum absolute atomic E-state index is 11.4. The Morgan fingerprint density at radius 1 is 1.20 bits per heavy atom. The molecule has 20 heavy (non-hydrogen) atoms. The minimum absolute atomic E-state index is 0.317. The van der Waals surface area contributed by atoms with Gasteiger partial charge in [-0.1, -0.05) is 40.0 Å². The molecule has 0 spiro atoms. The first kappa shape index (κ1) is 16.6. The Bertz CT molecular complexity index is 541. The van der Waals surface area contributed by atoms with Gasteiger partial charge >= 0.3 is 6.09 Å². The summed E-state index contributed by atoms with van der Waals surface area (Å²) >= 11 is 17.1. The topological polar surface area (TPSA) is 71.0 Å². The van der Waals surface area contributed by atoms with E-state index in [-0.39, 0.29) is 0 Å². The van der Waals surface area contributed by atoms with Gasteiger partial charge in [-0.15, -0.1) is 0 Å². The van der Waals surface area contributed by atoms with Crippen LogP contribution in [-0.4, -0.2) is 36.2 Å². The fraction of sp³-hybridized carbons (Fsp3) is 0.182. The number of amides is 2. The molecule has 0 bridgehead atoms. The van der Waals surface area contributed by atoms with Crippen LogP contribution in [0.1, 0.15) is 0 Å². The standard InChI is InChI=1S/C11H10Cl3N3O3/c1-17(2)10(18)9(14)16-20-11(19)15-8-4-6(12)3-7(13)5-8/h3-5H,1-2H3,(H,15,19)/b16-9+. The van der Waals surface area contributed by atoms with E-state index in [4.69, 9.17) is 34.8 Å². The predicted molar refractivity (Wildman–Crippen MR) is 78.5 cm³/mol. The van der Waals surface area contributed by atoms with E-state index < -0.39 is 17.2 Å². The Kier molecular flexibility index (Phi) is 6.06. The molecule has 0 unspecified atom stereocenters. The summed E-state index contributed by atoms with van der Waals surface area (Å²) in [5, 5.41) is 5.74. The summed E-state index contributed by atoms with van der Waals surface area (Å²) in [6.07, 6.45) is -0.937. The number of hydrogen-bond donors (Lipinski definition) is 1. The first-order valence-electron chi connectivity index (χ1n) is 5.19. The van der Waals surface area contributed by atoms with Gasteiger partial charge in [0, 0.05) is 29.8 Å². The van der Waals surface area contributed by atoms with Gasteiger partial charge in [0.05, 0.1) is 0 Å². The number of rotatable bonds is 3. The molecule has 0 aliphatic heterocycles. The van der Waals surface area contributed by atoms with Crippen LogP contribution < -0.4 is 5.32 Å². The molecule has 0 saturated carbocycles. The summed E-state index contributed by atoms with van der Waals surface area (Å²) in [4.78, 5) is 28.4. The molecule has 6 nitrogen and oxygen atoms in total. The number of anilines is 1. The van der Waals surface area contributed by atoms with Gasteiger partial charge in [-0.3, -0.25) is 14.9 Å². The first-order valence-corrected chi connectivity index (χ1v) is 6.32. The SMILES string of the molecule is CN(C)C(=O)/C(Cl)=N\OC(=O)Nc1cc(Cl)cc(Cl)c1. The smallest absolute Gasteiger partial charge is 0.343 e. The summed E-state index contributed by atoms with van der Waals surface area (Å²) < 4.78 is 0. The molecule has 0 atom stereocenters. The minimum atomic E-state index is -0.937. The van der Waals surface area contributed by atoms with Crippen LogP contribution in [-0.2, 0) is 9.63 Å². The third-order valence-electron chi connectivity index (χ3n) is 1.90. The molecule has 0 fully saturated rings. The van der Waals surface area contributed by atoms with Crippen LogP contribution in [0.4, 0.5) is 10.5 Å². The largest absolute Gasteiger partial charge is 0.437 e. The zero-order valence-electron chi connectivity index (χ0n) is 10.5. The maximum atomic E-state index is 11.4. The van der Waals surface area contributed by atoms with Crippen molar-refractivity contribution in [3.05, 3.63) is 28.2 Å². The first-order chi connectivity index (χ1) is 9.29. The average Bonchev–Trinajstić information content (AvgIpc) is 2.33. The van der Waals surface area contributed by atoms with Crippen LogP contribution in [0.25, 0.3) is 0 Å². The van der Waals surface area contributed by atoms with Gasteiger partial charge in [-0.25, -0.2) is 4.79 Å². The van der Waals surface area contributed by atoms with Crippen LogP contribution in [0.15, 0.2) is 23.4 Å². The minimum Gasteiger partial charge on any atom is -0.343 e. The van der Waals surface area contributed by atoms with Crippen molar-refractivity contribution < 1.29 is 14.4 Å². The zero-order valence-corrected chi connectivity index (χ0v) is 12.8. The van der Waals surface area contributed by atoms with Gasteiger partial charge in [0.15, 0.2) is 0 Å². The number of carbonyl (C=O) groups is 2. The Labute approximate surface area is 130 Å². The second kappa shape index (κ2) is 7.33. The van der Waals surface area contributed by atoms with Crippen molar-refractivity contribution in [1.82, 2.24) is 4.90 Å². The Morgan fingerprint density at radius 3 is 2.25 bits per heavy atom. The average molecular weight is 339 g/mol. The molecule has 0 radical (unpaired) electrons. The molecule has 1 N–H and O–H groups in total. The molecule has 1 aromatic rings. The molecule has 1 aromatic carbocycles. The summed E-state index contributed by atoms with van der Waals surface area (Å²) in [6.45, 7) is 0. The fourth-order valence-electron chi connectivity index (χ4n) is 1.07. The van der Waals surface area contributed by atoms with E-state index in [0.717, 1.165) is 0 Å². The normalized spacial score (nSPS) is 10.9. The van der Waals surface area contributed by atoms with E-state index >= 15 is 0 Å². The van der Waals surface area contributed by atoms with E-state index in [1.807, 2.05) is 0 Å². The molecule has 0 saturated heterocycles. The Balaban J connectivity index is 2.64. The van der Waals surface area contributed by atoms with E-state index in [0.29, 0.717) is 15.7 Å². The lowest BCUT2D eigenvalue weighted by atomic mass is 10.3. The van der Waals surface area contributed by atoms with Crippen molar-refractivity contribution in [3.8, 4) is 0 Å². The maximum Gasteiger partial charge on any atom is 0.437 e. The van der Waals surface area contributed by atoms with Gasteiger partial charge in [-0.2, -0.15) is 0 Å². The van der Waals surface area contributed by atoms with Crippen molar-refractivity contribution in [2.75, 3.05) is 19.4 Å².